The molecule has 0 heterocycles. The lowest BCUT2D eigenvalue weighted by molar-refractivity contribution is -0.385. The van der Waals surface area contributed by atoms with Gasteiger partial charge in [-0.05, 0) is 43.2 Å². The topological polar surface area (TPSA) is 78.4 Å². The van der Waals surface area contributed by atoms with E-state index in [1.165, 1.54) is 13.0 Å². The zero-order valence-electron chi connectivity index (χ0n) is 11.7. The van der Waals surface area contributed by atoms with Crippen LogP contribution in [0.5, 0.6) is 11.5 Å². The molecule has 110 valence electrons. The van der Waals surface area contributed by atoms with E-state index in [4.69, 9.17) is 10.5 Å². The summed E-state index contributed by atoms with van der Waals surface area (Å²) in [6.45, 7) is 3.83. The summed E-state index contributed by atoms with van der Waals surface area (Å²) in [5.74, 6) is -0.359. The zero-order chi connectivity index (χ0) is 15.6. The van der Waals surface area contributed by atoms with E-state index in [1.54, 1.807) is 18.2 Å². The SMILES string of the molecule is Cc1cc(Oc2cc(C)c([N+](=O)[O-])cc2F)ccc1CN. The molecule has 0 spiro atoms. The van der Waals surface area contributed by atoms with E-state index >= 15 is 0 Å². The number of rotatable bonds is 4. The monoisotopic (exact) mass is 290 g/mol. The number of halogens is 1. The molecule has 0 aliphatic heterocycles. The van der Waals surface area contributed by atoms with Crippen LogP contribution in [0.4, 0.5) is 10.1 Å². The van der Waals surface area contributed by atoms with Gasteiger partial charge in [-0.15, -0.1) is 0 Å². The highest BCUT2D eigenvalue weighted by Crippen LogP contribution is 2.31. The smallest absolute Gasteiger partial charge is 0.275 e. The van der Waals surface area contributed by atoms with Crippen LogP contribution < -0.4 is 10.5 Å². The standard InChI is InChI=1S/C15H15FN2O3/c1-9-5-12(4-3-11(9)8-17)21-15-6-10(2)14(18(19)20)7-13(15)16/h3-7H,8,17H2,1-2H3. The minimum absolute atomic E-state index is 0.0435. The molecule has 2 aromatic carbocycles. The second-order valence-corrected chi connectivity index (χ2v) is 4.72. The maximum Gasteiger partial charge on any atom is 0.275 e. The van der Waals surface area contributed by atoms with Crippen molar-refractivity contribution >= 4 is 5.69 Å². The molecule has 0 saturated heterocycles. The largest absolute Gasteiger partial charge is 0.454 e. The van der Waals surface area contributed by atoms with Gasteiger partial charge in [0.05, 0.1) is 11.0 Å². The third-order valence-electron chi connectivity index (χ3n) is 3.21. The fourth-order valence-corrected chi connectivity index (χ4v) is 2.01. The second kappa shape index (κ2) is 5.88. The van der Waals surface area contributed by atoms with Gasteiger partial charge in [0.15, 0.2) is 11.6 Å². The first kappa shape index (κ1) is 14.9. The number of ether oxygens (including phenoxy) is 1. The van der Waals surface area contributed by atoms with Gasteiger partial charge in [0.2, 0.25) is 0 Å². The lowest BCUT2D eigenvalue weighted by atomic mass is 10.1. The van der Waals surface area contributed by atoms with E-state index in [2.05, 4.69) is 0 Å². The van der Waals surface area contributed by atoms with Crippen LogP contribution in [0.3, 0.4) is 0 Å². The Labute approximate surface area is 121 Å². The van der Waals surface area contributed by atoms with Gasteiger partial charge in [-0.3, -0.25) is 10.1 Å². The van der Waals surface area contributed by atoms with Crippen molar-refractivity contribution in [2.24, 2.45) is 5.73 Å². The highest BCUT2D eigenvalue weighted by atomic mass is 19.1. The van der Waals surface area contributed by atoms with Crippen molar-refractivity contribution in [3.05, 3.63) is 63.0 Å². The summed E-state index contributed by atoms with van der Waals surface area (Å²) in [7, 11) is 0. The van der Waals surface area contributed by atoms with Crippen molar-refractivity contribution in [2.45, 2.75) is 20.4 Å². The molecule has 0 atom stereocenters. The quantitative estimate of drug-likeness (QED) is 0.689. The lowest BCUT2D eigenvalue weighted by Crippen LogP contribution is -1.99. The Morgan fingerprint density at radius 3 is 2.52 bits per heavy atom. The van der Waals surface area contributed by atoms with Gasteiger partial charge in [0.25, 0.3) is 5.69 Å². The summed E-state index contributed by atoms with van der Waals surface area (Å²) in [5, 5.41) is 10.7. The third-order valence-corrected chi connectivity index (χ3v) is 3.21. The Balaban J connectivity index is 2.34. The van der Waals surface area contributed by atoms with E-state index in [-0.39, 0.29) is 11.4 Å². The highest BCUT2D eigenvalue weighted by molar-refractivity contribution is 5.47. The Morgan fingerprint density at radius 2 is 1.95 bits per heavy atom. The first-order chi connectivity index (χ1) is 9.92. The third kappa shape index (κ3) is 3.17. The summed E-state index contributed by atoms with van der Waals surface area (Å²) in [6.07, 6.45) is 0. The van der Waals surface area contributed by atoms with Crippen molar-refractivity contribution < 1.29 is 14.1 Å². The first-order valence-electron chi connectivity index (χ1n) is 6.34. The van der Waals surface area contributed by atoms with Crippen LogP contribution in [0.1, 0.15) is 16.7 Å². The molecule has 0 aliphatic rings. The van der Waals surface area contributed by atoms with Crippen molar-refractivity contribution in [2.75, 3.05) is 0 Å². The molecule has 0 saturated carbocycles. The summed E-state index contributed by atoms with van der Waals surface area (Å²) in [5.41, 5.74) is 7.56. The van der Waals surface area contributed by atoms with Crippen LogP contribution in [0.15, 0.2) is 30.3 Å². The molecule has 0 bridgehead atoms. The number of benzene rings is 2. The van der Waals surface area contributed by atoms with Crippen LogP contribution in [0, 0.1) is 29.8 Å². The van der Waals surface area contributed by atoms with Crippen molar-refractivity contribution in [1.29, 1.82) is 0 Å². The van der Waals surface area contributed by atoms with Crippen LogP contribution in [-0.4, -0.2) is 4.92 Å². The Bertz CT molecular complexity index is 702. The van der Waals surface area contributed by atoms with Crippen molar-refractivity contribution in [3.8, 4) is 11.5 Å². The molecule has 0 unspecified atom stereocenters. The highest BCUT2D eigenvalue weighted by Gasteiger charge is 2.16. The molecule has 6 heteroatoms. The molecule has 0 radical (unpaired) electrons. The summed E-state index contributed by atoms with van der Waals surface area (Å²) < 4.78 is 19.3. The summed E-state index contributed by atoms with van der Waals surface area (Å²) >= 11 is 0. The van der Waals surface area contributed by atoms with Crippen LogP contribution in [0.25, 0.3) is 0 Å². The predicted octanol–water partition coefficient (Wildman–Crippen LogP) is 3.60. The van der Waals surface area contributed by atoms with Gasteiger partial charge >= 0.3 is 0 Å². The van der Waals surface area contributed by atoms with Crippen molar-refractivity contribution in [3.63, 3.8) is 0 Å². The molecule has 0 aromatic heterocycles. The van der Waals surface area contributed by atoms with Gasteiger partial charge in [0.1, 0.15) is 5.75 Å². The number of nitro groups is 1. The molecule has 0 aliphatic carbocycles. The molecule has 0 amide bonds. The van der Waals surface area contributed by atoms with E-state index in [0.717, 1.165) is 17.2 Å². The average Bonchev–Trinajstić information content (AvgIpc) is 2.42. The summed E-state index contributed by atoms with van der Waals surface area (Å²) in [6, 6.07) is 7.43. The fourth-order valence-electron chi connectivity index (χ4n) is 2.01. The van der Waals surface area contributed by atoms with Crippen LogP contribution >= 0.6 is 0 Å². The molecule has 21 heavy (non-hydrogen) atoms. The second-order valence-electron chi connectivity index (χ2n) is 4.72. The van der Waals surface area contributed by atoms with Gasteiger partial charge < -0.3 is 10.5 Å². The maximum atomic E-state index is 13.9. The predicted molar refractivity (Wildman–Crippen MR) is 76.9 cm³/mol. The van der Waals surface area contributed by atoms with Crippen LogP contribution in [0.2, 0.25) is 0 Å². The van der Waals surface area contributed by atoms with E-state index in [0.29, 0.717) is 17.9 Å². The zero-order valence-corrected chi connectivity index (χ0v) is 11.7. The Hall–Kier alpha value is -2.47. The average molecular weight is 290 g/mol. The van der Waals surface area contributed by atoms with Gasteiger partial charge in [-0.25, -0.2) is 4.39 Å². The van der Waals surface area contributed by atoms with Crippen molar-refractivity contribution in [1.82, 2.24) is 0 Å². The molecule has 0 fully saturated rings. The minimum Gasteiger partial charge on any atom is -0.454 e. The molecular formula is C15H15FN2O3. The number of hydrogen-bond donors (Lipinski definition) is 1. The maximum absolute atomic E-state index is 13.9. The lowest BCUT2D eigenvalue weighted by Gasteiger charge is -2.10. The van der Waals surface area contributed by atoms with Gasteiger partial charge in [-0.2, -0.15) is 0 Å². The Kier molecular flexibility index (Phi) is 4.18. The molecule has 2 aromatic rings. The summed E-state index contributed by atoms with van der Waals surface area (Å²) in [4.78, 5) is 10.1. The molecular weight excluding hydrogens is 275 g/mol. The minimum atomic E-state index is -0.771. The molecule has 5 nitrogen and oxygen atoms in total. The number of hydrogen-bond acceptors (Lipinski definition) is 4. The van der Waals surface area contributed by atoms with E-state index in [1.807, 2.05) is 6.92 Å². The molecule has 2 rings (SSSR count). The fraction of sp³-hybridized carbons (Fsp3) is 0.200. The number of aryl methyl sites for hydroxylation is 2. The van der Waals surface area contributed by atoms with E-state index < -0.39 is 10.7 Å². The number of nitro benzene ring substituents is 1. The normalized spacial score (nSPS) is 10.5. The van der Waals surface area contributed by atoms with Gasteiger partial charge in [0, 0.05) is 12.1 Å². The number of nitrogens with zero attached hydrogens (tertiary/aromatic N) is 1. The van der Waals surface area contributed by atoms with Gasteiger partial charge in [-0.1, -0.05) is 6.07 Å². The Morgan fingerprint density at radius 1 is 1.24 bits per heavy atom. The number of nitrogens with two attached hydrogens (primary N) is 1. The van der Waals surface area contributed by atoms with E-state index in [9.17, 15) is 14.5 Å². The van der Waals surface area contributed by atoms with Crippen LogP contribution in [-0.2, 0) is 6.54 Å². The molecule has 2 N–H and O–H groups in total. The first-order valence-corrected chi connectivity index (χ1v) is 6.34.